The number of carbonyl (C=O) groups excluding carboxylic acids is 2. The maximum atomic E-state index is 12.1. The first-order valence-electron chi connectivity index (χ1n) is 7.97. The quantitative estimate of drug-likeness (QED) is 0.343. The standard InChI is InChI=1S/C17H23NO6/c1-2-3-4-5-10-18-17(23)13-11-12(6-7-14(13)19)24-16(22)9-8-15(20)21/h6-7,11,19H,2-5,8-10H2,1H3,(H,18,23)(H,20,21). The summed E-state index contributed by atoms with van der Waals surface area (Å²) in [5.74, 6) is -2.40. The van der Waals surface area contributed by atoms with Gasteiger partial charge in [-0.3, -0.25) is 14.4 Å². The van der Waals surface area contributed by atoms with Crippen molar-refractivity contribution < 1.29 is 29.3 Å². The van der Waals surface area contributed by atoms with Crippen LogP contribution in [-0.4, -0.2) is 34.6 Å². The number of ether oxygens (including phenoxy) is 1. The molecule has 0 radical (unpaired) electrons. The molecule has 0 aliphatic rings. The fraction of sp³-hybridized carbons (Fsp3) is 0.471. The highest BCUT2D eigenvalue weighted by molar-refractivity contribution is 5.97. The smallest absolute Gasteiger partial charge is 0.311 e. The van der Waals surface area contributed by atoms with Gasteiger partial charge in [-0.05, 0) is 24.6 Å². The summed E-state index contributed by atoms with van der Waals surface area (Å²) in [7, 11) is 0. The molecule has 0 aromatic heterocycles. The zero-order chi connectivity index (χ0) is 17.9. The number of carboxylic acid groups (broad SMARTS) is 1. The molecule has 0 saturated heterocycles. The molecule has 1 aromatic carbocycles. The molecule has 0 aliphatic heterocycles. The van der Waals surface area contributed by atoms with Crippen molar-refractivity contribution >= 4 is 17.8 Å². The molecule has 3 N–H and O–H groups in total. The molecule has 7 heteroatoms. The Labute approximate surface area is 140 Å². The largest absolute Gasteiger partial charge is 0.507 e. The second-order valence-electron chi connectivity index (χ2n) is 5.36. The molecular formula is C17H23NO6. The molecule has 1 amide bonds. The van der Waals surface area contributed by atoms with Gasteiger partial charge in [0.05, 0.1) is 18.4 Å². The predicted molar refractivity (Wildman–Crippen MR) is 87.1 cm³/mol. The zero-order valence-electron chi connectivity index (χ0n) is 13.7. The van der Waals surface area contributed by atoms with E-state index in [4.69, 9.17) is 9.84 Å². The van der Waals surface area contributed by atoms with E-state index < -0.39 is 17.8 Å². The first kappa shape index (κ1) is 19.5. The Hall–Kier alpha value is -2.57. The Kier molecular flexibility index (Phi) is 8.32. The van der Waals surface area contributed by atoms with E-state index in [-0.39, 0.29) is 29.9 Å². The van der Waals surface area contributed by atoms with Crippen LogP contribution < -0.4 is 10.1 Å². The molecule has 0 atom stereocenters. The number of carboxylic acids is 1. The second-order valence-corrected chi connectivity index (χ2v) is 5.36. The first-order chi connectivity index (χ1) is 11.4. The lowest BCUT2D eigenvalue weighted by Gasteiger charge is -2.09. The number of aromatic hydroxyl groups is 1. The van der Waals surface area contributed by atoms with Gasteiger partial charge in [-0.25, -0.2) is 0 Å². The van der Waals surface area contributed by atoms with Crippen LogP contribution in [0, 0.1) is 0 Å². The summed E-state index contributed by atoms with van der Waals surface area (Å²) in [5.41, 5.74) is 0.00836. The number of phenols is 1. The topological polar surface area (TPSA) is 113 Å². The second kappa shape index (κ2) is 10.3. The Balaban J connectivity index is 2.60. The SMILES string of the molecule is CCCCCCNC(=O)c1cc(OC(=O)CCC(=O)O)ccc1O. The highest BCUT2D eigenvalue weighted by Gasteiger charge is 2.14. The molecule has 0 fully saturated rings. The van der Waals surface area contributed by atoms with Crippen LogP contribution in [0.2, 0.25) is 0 Å². The summed E-state index contributed by atoms with van der Waals surface area (Å²) in [6, 6.07) is 3.85. The minimum atomic E-state index is -1.10. The third-order valence-electron chi connectivity index (χ3n) is 3.30. The molecule has 24 heavy (non-hydrogen) atoms. The van der Waals surface area contributed by atoms with E-state index in [9.17, 15) is 19.5 Å². The van der Waals surface area contributed by atoms with Gasteiger partial charge >= 0.3 is 11.9 Å². The van der Waals surface area contributed by atoms with Crippen molar-refractivity contribution in [2.75, 3.05) is 6.54 Å². The van der Waals surface area contributed by atoms with E-state index >= 15 is 0 Å². The molecule has 0 saturated carbocycles. The number of carbonyl (C=O) groups is 3. The number of nitrogens with one attached hydrogen (secondary N) is 1. The van der Waals surface area contributed by atoms with E-state index in [0.717, 1.165) is 25.7 Å². The Morgan fingerprint density at radius 3 is 2.54 bits per heavy atom. The summed E-state index contributed by atoms with van der Waals surface area (Å²) in [5, 5.41) is 21.0. The average molecular weight is 337 g/mol. The van der Waals surface area contributed by atoms with Crippen molar-refractivity contribution in [3.8, 4) is 11.5 Å². The van der Waals surface area contributed by atoms with Crippen LogP contribution in [0.15, 0.2) is 18.2 Å². The van der Waals surface area contributed by atoms with Gasteiger partial charge in [0, 0.05) is 6.54 Å². The Morgan fingerprint density at radius 1 is 1.12 bits per heavy atom. The molecular weight excluding hydrogens is 314 g/mol. The van der Waals surface area contributed by atoms with E-state index in [2.05, 4.69) is 12.2 Å². The first-order valence-corrected chi connectivity index (χ1v) is 7.97. The van der Waals surface area contributed by atoms with Gasteiger partial charge in [0.2, 0.25) is 0 Å². The molecule has 7 nitrogen and oxygen atoms in total. The summed E-state index contributed by atoms with van der Waals surface area (Å²) < 4.78 is 4.97. The maximum Gasteiger partial charge on any atom is 0.311 e. The van der Waals surface area contributed by atoms with Gasteiger partial charge < -0.3 is 20.3 Å². The van der Waals surface area contributed by atoms with Crippen LogP contribution >= 0.6 is 0 Å². The fourth-order valence-electron chi connectivity index (χ4n) is 2.00. The number of phenolic OH excluding ortho intramolecular Hbond substituents is 1. The van der Waals surface area contributed by atoms with Crippen LogP contribution in [-0.2, 0) is 9.59 Å². The molecule has 0 spiro atoms. The van der Waals surface area contributed by atoms with Gasteiger partial charge in [-0.1, -0.05) is 26.2 Å². The van der Waals surface area contributed by atoms with Crippen LogP contribution in [0.25, 0.3) is 0 Å². The van der Waals surface area contributed by atoms with E-state index in [1.807, 2.05) is 0 Å². The number of unbranched alkanes of at least 4 members (excludes halogenated alkanes) is 3. The molecule has 0 unspecified atom stereocenters. The van der Waals surface area contributed by atoms with Gasteiger partial charge in [-0.2, -0.15) is 0 Å². The highest BCUT2D eigenvalue weighted by Crippen LogP contribution is 2.23. The number of aliphatic carboxylic acids is 1. The molecule has 0 bridgehead atoms. The minimum Gasteiger partial charge on any atom is -0.507 e. The van der Waals surface area contributed by atoms with Crippen molar-refractivity contribution in [3.63, 3.8) is 0 Å². The van der Waals surface area contributed by atoms with Crippen molar-refractivity contribution in [3.05, 3.63) is 23.8 Å². The van der Waals surface area contributed by atoms with Crippen LogP contribution in [0.3, 0.4) is 0 Å². The van der Waals surface area contributed by atoms with Gasteiger partial charge in [0.15, 0.2) is 0 Å². The number of hydrogen-bond donors (Lipinski definition) is 3. The number of esters is 1. The molecule has 0 heterocycles. The predicted octanol–water partition coefficient (Wildman–Crippen LogP) is 2.47. The summed E-state index contributed by atoms with van der Waals surface area (Å²) in [6.07, 6.45) is 3.47. The lowest BCUT2D eigenvalue weighted by molar-refractivity contribution is -0.142. The zero-order valence-corrected chi connectivity index (χ0v) is 13.7. The van der Waals surface area contributed by atoms with Crippen molar-refractivity contribution in [1.29, 1.82) is 0 Å². The highest BCUT2D eigenvalue weighted by atomic mass is 16.5. The van der Waals surface area contributed by atoms with Crippen molar-refractivity contribution in [1.82, 2.24) is 5.32 Å². The third kappa shape index (κ3) is 7.13. The monoisotopic (exact) mass is 337 g/mol. The average Bonchev–Trinajstić information content (AvgIpc) is 2.54. The van der Waals surface area contributed by atoms with Crippen LogP contribution in [0.1, 0.15) is 55.8 Å². The summed E-state index contributed by atoms with van der Waals surface area (Å²) in [6.45, 7) is 2.60. The number of rotatable bonds is 10. The maximum absolute atomic E-state index is 12.1. The van der Waals surface area contributed by atoms with Gasteiger partial charge in [0.1, 0.15) is 11.5 Å². The lowest BCUT2D eigenvalue weighted by atomic mass is 10.1. The summed E-state index contributed by atoms with van der Waals surface area (Å²) >= 11 is 0. The van der Waals surface area contributed by atoms with Gasteiger partial charge in [-0.15, -0.1) is 0 Å². The third-order valence-corrected chi connectivity index (χ3v) is 3.30. The number of amides is 1. The van der Waals surface area contributed by atoms with Crippen LogP contribution in [0.4, 0.5) is 0 Å². The van der Waals surface area contributed by atoms with Gasteiger partial charge in [0.25, 0.3) is 5.91 Å². The van der Waals surface area contributed by atoms with Crippen LogP contribution in [0.5, 0.6) is 11.5 Å². The Bertz CT molecular complexity index is 584. The minimum absolute atomic E-state index is 0.00836. The molecule has 0 aliphatic carbocycles. The fourth-order valence-corrected chi connectivity index (χ4v) is 2.00. The van der Waals surface area contributed by atoms with E-state index in [1.165, 1.54) is 18.2 Å². The molecule has 132 valence electrons. The number of benzene rings is 1. The Morgan fingerprint density at radius 2 is 1.88 bits per heavy atom. The number of hydrogen-bond acceptors (Lipinski definition) is 5. The summed E-state index contributed by atoms with van der Waals surface area (Å²) in [4.78, 5) is 34.0. The van der Waals surface area contributed by atoms with Crippen molar-refractivity contribution in [2.24, 2.45) is 0 Å². The normalized spacial score (nSPS) is 10.2. The van der Waals surface area contributed by atoms with E-state index in [1.54, 1.807) is 0 Å². The molecule has 1 aromatic rings. The lowest BCUT2D eigenvalue weighted by Crippen LogP contribution is -2.24. The van der Waals surface area contributed by atoms with Crippen molar-refractivity contribution in [2.45, 2.75) is 45.4 Å². The van der Waals surface area contributed by atoms with E-state index in [0.29, 0.717) is 6.54 Å². The molecule has 1 rings (SSSR count).